The second kappa shape index (κ2) is 4.77. The van der Waals surface area contributed by atoms with Gasteiger partial charge in [-0.25, -0.2) is 9.78 Å². The van der Waals surface area contributed by atoms with Gasteiger partial charge in [0.1, 0.15) is 5.82 Å². The smallest absolute Gasteiger partial charge is 0.354 e. The SMILES string of the molecule is CC(C)Nc1cc(C(=O)O)nc2cc(C(C)(C)C)nn12. The third-order valence-electron chi connectivity index (χ3n) is 2.85. The Morgan fingerprint density at radius 2 is 2.00 bits per heavy atom. The highest BCUT2D eigenvalue weighted by atomic mass is 16.4. The zero-order valence-electron chi connectivity index (χ0n) is 12.4. The van der Waals surface area contributed by atoms with Gasteiger partial charge in [0.05, 0.1) is 5.69 Å². The summed E-state index contributed by atoms with van der Waals surface area (Å²) < 4.78 is 1.66. The molecule has 0 saturated carbocycles. The third kappa shape index (κ3) is 2.74. The number of carboxylic acid groups (broad SMARTS) is 1. The minimum Gasteiger partial charge on any atom is -0.477 e. The molecule has 2 N–H and O–H groups in total. The fraction of sp³-hybridized carbons (Fsp3) is 0.500. The van der Waals surface area contributed by atoms with Crippen molar-refractivity contribution in [3.05, 3.63) is 23.5 Å². The van der Waals surface area contributed by atoms with Crippen molar-refractivity contribution in [1.82, 2.24) is 14.6 Å². The van der Waals surface area contributed by atoms with Crippen LogP contribution in [0.4, 0.5) is 5.82 Å². The number of rotatable bonds is 3. The van der Waals surface area contributed by atoms with Crippen molar-refractivity contribution in [3.8, 4) is 0 Å². The molecule has 2 heterocycles. The maximum absolute atomic E-state index is 11.2. The fourth-order valence-electron chi connectivity index (χ4n) is 1.85. The maximum atomic E-state index is 11.2. The van der Waals surface area contributed by atoms with Crippen LogP contribution in [0.2, 0.25) is 0 Å². The summed E-state index contributed by atoms with van der Waals surface area (Å²) in [7, 11) is 0. The Hall–Kier alpha value is -2.11. The number of anilines is 1. The van der Waals surface area contributed by atoms with Crippen molar-refractivity contribution in [3.63, 3.8) is 0 Å². The molecule has 0 aliphatic rings. The highest BCUT2D eigenvalue weighted by Gasteiger charge is 2.20. The monoisotopic (exact) mass is 276 g/mol. The molecular weight excluding hydrogens is 256 g/mol. The van der Waals surface area contributed by atoms with E-state index in [-0.39, 0.29) is 17.2 Å². The summed E-state index contributed by atoms with van der Waals surface area (Å²) in [6.07, 6.45) is 0. The van der Waals surface area contributed by atoms with Crippen LogP contribution in [0.3, 0.4) is 0 Å². The first kappa shape index (κ1) is 14.3. The Labute approximate surface area is 117 Å². The van der Waals surface area contributed by atoms with Crippen LogP contribution in [0.1, 0.15) is 50.8 Å². The molecule has 0 spiro atoms. The van der Waals surface area contributed by atoms with E-state index in [9.17, 15) is 4.79 Å². The lowest BCUT2D eigenvalue weighted by Gasteiger charge is -2.14. The highest BCUT2D eigenvalue weighted by Crippen LogP contribution is 2.23. The molecule has 0 atom stereocenters. The van der Waals surface area contributed by atoms with E-state index in [0.717, 1.165) is 5.69 Å². The van der Waals surface area contributed by atoms with E-state index in [4.69, 9.17) is 5.11 Å². The molecule has 2 rings (SSSR count). The van der Waals surface area contributed by atoms with Crippen molar-refractivity contribution in [1.29, 1.82) is 0 Å². The van der Waals surface area contributed by atoms with Crippen LogP contribution >= 0.6 is 0 Å². The van der Waals surface area contributed by atoms with E-state index in [1.165, 1.54) is 6.07 Å². The Bertz CT molecular complexity index is 653. The number of carbonyl (C=O) groups is 1. The minimum atomic E-state index is -1.04. The van der Waals surface area contributed by atoms with E-state index < -0.39 is 5.97 Å². The predicted molar refractivity (Wildman–Crippen MR) is 77.4 cm³/mol. The predicted octanol–water partition coefficient (Wildman–Crippen LogP) is 2.55. The van der Waals surface area contributed by atoms with E-state index in [1.54, 1.807) is 4.52 Å². The van der Waals surface area contributed by atoms with Crippen LogP contribution in [0.5, 0.6) is 0 Å². The number of hydrogen-bond acceptors (Lipinski definition) is 4. The number of aromatic nitrogens is 3. The minimum absolute atomic E-state index is 0.0148. The van der Waals surface area contributed by atoms with E-state index in [2.05, 4.69) is 36.2 Å². The quantitative estimate of drug-likeness (QED) is 0.900. The molecule has 6 nitrogen and oxygen atoms in total. The van der Waals surface area contributed by atoms with Gasteiger partial charge < -0.3 is 10.4 Å². The van der Waals surface area contributed by atoms with Gasteiger partial charge in [0.2, 0.25) is 0 Å². The average Bonchev–Trinajstić information content (AvgIpc) is 2.71. The Morgan fingerprint density at radius 1 is 1.35 bits per heavy atom. The summed E-state index contributed by atoms with van der Waals surface area (Å²) in [6, 6.07) is 3.51. The van der Waals surface area contributed by atoms with Crippen molar-refractivity contribution >= 4 is 17.4 Å². The van der Waals surface area contributed by atoms with Gasteiger partial charge in [0, 0.05) is 23.6 Å². The number of hydrogen-bond donors (Lipinski definition) is 2. The average molecular weight is 276 g/mol. The zero-order chi connectivity index (χ0) is 15.1. The number of nitrogens with one attached hydrogen (secondary N) is 1. The van der Waals surface area contributed by atoms with Gasteiger partial charge >= 0.3 is 5.97 Å². The molecule has 0 radical (unpaired) electrons. The molecule has 0 fully saturated rings. The first-order chi connectivity index (χ1) is 9.18. The molecule has 0 aliphatic heterocycles. The molecule has 6 heteroatoms. The number of carboxylic acids is 1. The van der Waals surface area contributed by atoms with Crippen molar-refractivity contribution in [2.24, 2.45) is 0 Å². The lowest BCUT2D eigenvalue weighted by atomic mass is 9.93. The molecule has 20 heavy (non-hydrogen) atoms. The second-order valence-corrected chi connectivity index (χ2v) is 6.18. The standard InChI is InChI=1S/C14H20N4O2/c1-8(2)15-11-6-9(13(19)20)16-12-7-10(14(3,4)5)17-18(11)12/h6-8,15H,1-5H3,(H,19,20). The summed E-state index contributed by atoms with van der Waals surface area (Å²) in [5, 5.41) is 16.9. The molecule has 0 amide bonds. The first-order valence-electron chi connectivity index (χ1n) is 6.59. The molecule has 2 aromatic heterocycles. The maximum Gasteiger partial charge on any atom is 0.354 e. The van der Waals surface area contributed by atoms with Gasteiger partial charge in [-0.05, 0) is 13.8 Å². The lowest BCUT2D eigenvalue weighted by Crippen LogP contribution is -2.16. The van der Waals surface area contributed by atoms with Crippen molar-refractivity contribution < 1.29 is 9.90 Å². The summed E-state index contributed by atoms with van der Waals surface area (Å²) in [4.78, 5) is 15.3. The zero-order valence-corrected chi connectivity index (χ0v) is 12.4. The van der Waals surface area contributed by atoms with Crippen LogP contribution in [-0.4, -0.2) is 31.7 Å². The summed E-state index contributed by atoms with van der Waals surface area (Å²) in [5.41, 5.74) is 1.31. The Balaban J connectivity index is 2.67. The summed E-state index contributed by atoms with van der Waals surface area (Å²) in [5.74, 6) is -0.407. The molecule has 0 aromatic carbocycles. The third-order valence-corrected chi connectivity index (χ3v) is 2.85. The molecule has 0 unspecified atom stereocenters. The molecule has 0 saturated heterocycles. The summed E-state index contributed by atoms with van der Waals surface area (Å²) >= 11 is 0. The largest absolute Gasteiger partial charge is 0.477 e. The molecule has 2 aromatic rings. The number of nitrogens with zero attached hydrogens (tertiary/aromatic N) is 3. The van der Waals surface area contributed by atoms with Crippen molar-refractivity contribution in [2.75, 3.05) is 5.32 Å². The van der Waals surface area contributed by atoms with Crippen LogP contribution in [0, 0.1) is 0 Å². The normalized spacial score (nSPS) is 12.1. The lowest BCUT2D eigenvalue weighted by molar-refractivity contribution is 0.0690. The number of fused-ring (bicyclic) bond motifs is 1. The van der Waals surface area contributed by atoms with Crippen molar-refractivity contribution in [2.45, 2.75) is 46.1 Å². The second-order valence-electron chi connectivity index (χ2n) is 6.18. The van der Waals surface area contributed by atoms with Crippen LogP contribution in [-0.2, 0) is 5.41 Å². The Morgan fingerprint density at radius 3 is 2.50 bits per heavy atom. The van der Waals surface area contributed by atoms with Gasteiger partial charge in [-0.2, -0.15) is 9.61 Å². The highest BCUT2D eigenvalue weighted by molar-refractivity contribution is 5.87. The molecule has 108 valence electrons. The fourth-order valence-corrected chi connectivity index (χ4v) is 1.85. The first-order valence-corrected chi connectivity index (χ1v) is 6.59. The van der Waals surface area contributed by atoms with E-state index >= 15 is 0 Å². The van der Waals surface area contributed by atoms with E-state index in [1.807, 2.05) is 19.9 Å². The van der Waals surface area contributed by atoms with Crippen LogP contribution in [0.15, 0.2) is 12.1 Å². The molecule has 0 aliphatic carbocycles. The van der Waals surface area contributed by atoms with Gasteiger partial charge in [-0.15, -0.1) is 0 Å². The molecular formula is C14H20N4O2. The van der Waals surface area contributed by atoms with Gasteiger partial charge in [0.15, 0.2) is 11.3 Å². The van der Waals surface area contributed by atoms with Gasteiger partial charge in [-0.3, -0.25) is 0 Å². The Kier molecular flexibility index (Phi) is 3.41. The van der Waals surface area contributed by atoms with Gasteiger partial charge in [0.25, 0.3) is 0 Å². The number of aromatic carboxylic acids is 1. The topological polar surface area (TPSA) is 79.5 Å². The van der Waals surface area contributed by atoms with E-state index in [0.29, 0.717) is 11.5 Å². The van der Waals surface area contributed by atoms with Gasteiger partial charge in [-0.1, -0.05) is 20.8 Å². The van der Waals surface area contributed by atoms with Crippen LogP contribution < -0.4 is 5.32 Å². The summed E-state index contributed by atoms with van der Waals surface area (Å²) in [6.45, 7) is 10.1. The van der Waals surface area contributed by atoms with Crippen LogP contribution in [0.25, 0.3) is 5.65 Å². The molecule has 0 bridgehead atoms.